The van der Waals surface area contributed by atoms with Crippen LogP contribution in [0.15, 0.2) is 85.1 Å². The summed E-state index contributed by atoms with van der Waals surface area (Å²) in [4.78, 5) is 33.8. The van der Waals surface area contributed by atoms with Gasteiger partial charge < -0.3 is 20.1 Å². The number of esters is 1. The van der Waals surface area contributed by atoms with E-state index in [9.17, 15) is 24.2 Å². The molecule has 0 fully saturated rings. The van der Waals surface area contributed by atoms with Crippen LogP contribution in [0.3, 0.4) is 0 Å². The van der Waals surface area contributed by atoms with Gasteiger partial charge in [-0.25, -0.2) is 4.57 Å². The van der Waals surface area contributed by atoms with E-state index in [0.29, 0.717) is 12.8 Å². The van der Waals surface area contributed by atoms with E-state index < -0.39 is 26.5 Å². The number of amides is 1. The molecule has 0 aliphatic carbocycles. The standard InChI is InChI=1S/C41H68NO8P/c1-3-5-7-9-11-13-15-17-19-21-23-25-27-29-31-33-40(44)42-35-36-49-51(46,47)50-38-39(43)37-48-41(45)34-32-30-28-26-24-22-20-18-16-14-12-10-8-6-4-2/h5-8,11-14,17-20,23,25,39,43H,3-4,9-10,15-16,21-22,24,26-38H2,1-2H3,(H,42,44)(H,46,47)/b7-5-,8-6-,13-11-,14-12-,19-17-,20-18-,25-23-. The van der Waals surface area contributed by atoms with Gasteiger partial charge in [0.1, 0.15) is 12.7 Å². The summed E-state index contributed by atoms with van der Waals surface area (Å²) < 4.78 is 26.7. The van der Waals surface area contributed by atoms with E-state index in [1.165, 1.54) is 0 Å². The Labute approximate surface area is 309 Å². The molecular formula is C41H68NO8P. The Hall–Kier alpha value is -2.81. The third-order valence-electron chi connectivity index (χ3n) is 7.32. The first-order valence-electron chi connectivity index (χ1n) is 19.1. The fraction of sp³-hybridized carbons (Fsp3) is 0.610. The lowest BCUT2D eigenvalue weighted by molar-refractivity contribution is -0.147. The molecular weight excluding hydrogens is 665 g/mol. The van der Waals surface area contributed by atoms with Crippen molar-refractivity contribution in [3.05, 3.63) is 85.1 Å². The van der Waals surface area contributed by atoms with Crippen LogP contribution in [0.1, 0.15) is 129 Å². The number of aliphatic hydroxyl groups excluding tert-OH is 1. The molecule has 51 heavy (non-hydrogen) atoms. The summed E-state index contributed by atoms with van der Waals surface area (Å²) in [6.45, 7) is 3.22. The van der Waals surface area contributed by atoms with Crippen molar-refractivity contribution in [2.24, 2.45) is 0 Å². The molecule has 0 saturated heterocycles. The summed E-state index contributed by atoms with van der Waals surface area (Å²) in [6, 6.07) is 0. The van der Waals surface area contributed by atoms with Crippen molar-refractivity contribution < 1.29 is 37.9 Å². The molecule has 2 atom stereocenters. The van der Waals surface area contributed by atoms with Crippen LogP contribution in [0.5, 0.6) is 0 Å². The number of carbonyl (C=O) groups is 2. The molecule has 0 saturated carbocycles. The third kappa shape index (κ3) is 38.3. The van der Waals surface area contributed by atoms with E-state index in [4.69, 9.17) is 13.8 Å². The molecule has 3 N–H and O–H groups in total. The Morgan fingerprint density at radius 1 is 0.608 bits per heavy atom. The Morgan fingerprint density at radius 3 is 1.61 bits per heavy atom. The lowest BCUT2D eigenvalue weighted by Gasteiger charge is -2.15. The third-order valence-corrected chi connectivity index (χ3v) is 8.30. The molecule has 0 aromatic carbocycles. The van der Waals surface area contributed by atoms with Crippen LogP contribution in [-0.4, -0.2) is 54.3 Å². The van der Waals surface area contributed by atoms with Crippen molar-refractivity contribution >= 4 is 19.7 Å². The van der Waals surface area contributed by atoms with Crippen LogP contribution in [-0.2, 0) is 27.9 Å². The molecule has 0 aromatic heterocycles. The zero-order chi connectivity index (χ0) is 37.5. The smallest absolute Gasteiger partial charge is 0.463 e. The van der Waals surface area contributed by atoms with Crippen LogP contribution in [0.2, 0.25) is 0 Å². The normalized spacial score (nSPS) is 14.4. The highest BCUT2D eigenvalue weighted by molar-refractivity contribution is 7.47. The first-order chi connectivity index (χ1) is 24.8. The highest BCUT2D eigenvalue weighted by Gasteiger charge is 2.23. The fourth-order valence-electron chi connectivity index (χ4n) is 4.50. The summed E-state index contributed by atoms with van der Waals surface area (Å²) in [7, 11) is -4.43. The number of phosphoric acid groups is 1. The molecule has 0 rings (SSSR count). The zero-order valence-electron chi connectivity index (χ0n) is 31.5. The van der Waals surface area contributed by atoms with Gasteiger partial charge in [-0.2, -0.15) is 0 Å². The predicted octanol–water partition coefficient (Wildman–Crippen LogP) is 10.1. The molecule has 10 heteroatoms. The van der Waals surface area contributed by atoms with Gasteiger partial charge in [0.15, 0.2) is 0 Å². The van der Waals surface area contributed by atoms with Crippen molar-refractivity contribution in [2.75, 3.05) is 26.4 Å². The Bertz CT molecular complexity index is 1110. The van der Waals surface area contributed by atoms with Gasteiger partial charge in [-0.1, -0.05) is 118 Å². The average molecular weight is 734 g/mol. The van der Waals surface area contributed by atoms with E-state index in [0.717, 1.165) is 96.3 Å². The number of hydrogen-bond acceptors (Lipinski definition) is 7. The van der Waals surface area contributed by atoms with Gasteiger partial charge in [0.05, 0.1) is 13.2 Å². The van der Waals surface area contributed by atoms with E-state index in [1.807, 2.05) is 0 Å². The number of nitrogens with one attached hydrogen (secondary N) is 1. The number of hydrogen-bond donors (Lipinski definition) is 3. The Balaban J connectivity index is 3.73. The van der Waals surface area contributed by atoms with Crippen molar-refractivity contribution in [1.82, 2.24) is 5.32 Å². The lowest BCUT2D eigenvalue weighted by atomic mass is 10.1. The Kier molecular flexibility index (Phi) is 34.9. The van der Waals surface area contributed by atoms with E-state index in [1.54, 1.807) is 0 Å². The van der Waals surface area contributed by atoms with Crippen molar-refractivity contribution in [2.45, 2.75) is 136 Å². The van der Waals surface area contributed by atoms with Crippen LogP contribution < -0.4 is 5.32 Å². The maximum atomic E-state index is 12.1. The molecule has 0 spiro atoms. The first-order valence-corrected chi connectivity index (χ1v) is 20.6. The molecule has 0 aromatic rings. The summed E-state index contributed by atoms with van der Waals surface area (Å²) in [5.41, 5.74) is 0. The van der Waals surface area contributed by atoms with E-state index in [2.05, 4.69) is 104 Å². The van der Waals surface area contributed by atoms with Crippen molar-refractivity contribution in [1.29, 1.82) is 0 Å². The summed E-state index contributed by atoms with van der Waals surface area (Å²) in [6.07, 6.45) is 45.1. The highest BCUT2D eigenvalue weighted by Crippen LogP contribution is 2.42. The molecule has 9 nitrogen and oxygen atoms in total. The number of phosphoric ester groups is 1. The van der Waals surface area contributed by atoms with Crippen LogP contribution in [0.4, 0.5) is 0 Å². The highest BCUT2D eigenvalue weighted by atomic mass is 31.2. The van der Waals surface area contributed by atoms with Crippen LogP contribution in [0, 0.1) is 0 Å². The number of allylic oxidation sites excluding steroid dienone is 14. The number of aliphatic hydroxyl groups is 1. The second-order valence-corrected chi connectivity index (χ2v) is 13.6. The maximum Gasteiger partial charge on any atom is 0.472 e. The first kappa shape index (κ1) is 48.2. The van der Waals surface area contributed by atoms with E-state index >= 15 is 0 Å². The second-order valence-electron chi connectivity index (χ2n) is 12.1. The molecule has 0 aliphatic rings. The molecule has 0 heterocycles. The minimum atomic E-state index is -4.43. The molecule has 0 aliphatic heterocycles. The average Bonchev–Trinajstić information content (AvgIpc) is 3.11. The van der Waals surface area contributed by atoms with Crippen molar-refractivity contribution in [3.8, 4) is 0 Å². The number of rotatable bonds is 34. The number of carbonyl (C=O) groups excluding carboxylic acids is 2. The SMILES string of the molecule is CC/C=C\C/C=C\C/C=C\C/C=C\CCCCC(=O)NCCOP(=O)(O)OCC(O)COC(=O)CCCCCCC/C=C\C/C=C\C/C=C\CC. The maximum absolute atomic E-state index is 12.1. The number of unbranched alkanes of at least 4 members (excludes halogenated alkanes) is 7. The summed E-state index contributed by atoms with van der Waals surface area (Å²) in [5, 5.41) is 12.6. The minimum Gasteiger partial charge on any atom is -0.463 e. The molecule has 1 amide bonds. The summed E-state index contributed by atoms with van der Waals surface area (Å²) in [5.74, 6) is -0.586. The molecule has 0 bridgehead atoms. The van der Waals surface area contributed by atoms with Gasteiger partial charge in [0.2, 0.25) is 5.91 Å². The Morgan fingerprint density at radius 2 is 1.06 bits per heavy atom. The van der Waals surface area contributed by atoms with Gasteiger partial charge in [0.25, 0.3) is 0 Å². The second kappa shape index (κ2) is 37.0. The van der Waals surface area contributed by atoms with Gasteiger partial charge in [-0.15, -0.1) is 0 Å². The monoisotopic (exact) mass is 733 g/mol. The van der Waals surface area contributed by atoms with Gasteiger partial charge >= 0.3 is 13.8 Å². The van der Waals surface area contributed by atoms with Gasteiger partial charge in [-0.3, -0.25) is 18.6 Å². The quantitative estimate of drug-likeness (QED) is 0.0258. The minimum absolute atomic E-state index is 0.0519. The number of ether oxygens (including phenoxy) is 1. The van der Waals surface area contributed by atoms with E-state index in [-0.39, 0.29) is 32.1 Å². The largest absolute Gasteiger partial charge is 0.472 e. The summed E-state index contributed by atoms with van der Waals surface area (Å²) >= 11 is 0. The van der Waals surface area contributed by atoms with Crippen LogP contribution in [0.25, 0.3) is 0 Å². The predicted molar refractivity (Wildman–Crippen MR) is 210 cm³/mol. The molecule has 290 valence electrons. The lowest BCUT2D eigenvalue weighted by Crippen LogP contribution is -2.27. The van der Waals surface area contributed by atoms with Gasteiger partial charge in [0, 0.05) is 19.4 Å². The van der Waals surface area contributed by atoms with Gasteiger partial charge in [-0.05, 0) is 83.5 Å². The molecule has 2 unspecified atom stereocenters. The van der Waals surface area contributed by atoms with Crippen LogP contribution >= 0.6 is 7.82 Å². The fourth-order valence-corrected chi connectivity index (χ4v) is 5.26. The molecule has 0 radical (unpaired) electrons. The topological polar surface area (TPSA) is 131 Å². The zero-order valence-corrected chi connectivity index (χ0v) is 32.4. The van der Waals surface area contributed by atoms with Crippen molar-refractivity contribution in [3.63, 3.8) is 0 Å².